The Balaban J connectivity index is 1.97. The van der Waals surface area contributed by atoms with Gasteiger partial charge in [0.05, 0.1) is 5.69 Å². The van der Waals surface area contributed by atoms with E-state index in [9.17, 15) is 4.79 Å². The standard InChI is InChI=1S/C10H9N3O2S2/c1-6-2-11-10(12-3-6)17-5-7-4-16-8(13-7)9(14)15/h2-4H,5H2,1H3,(H,14,15). The van der Waals surface area contributed by atoms with Gasteiger partial charge < -0.3 is 5.11 Å². The number of hydrogen-bond donors (Lipinski definition) is 1. The van der Waals surface area contributed by atoms with Crippen LogP contribution in [0.15, 0.2) is 22.9 Å². The fourth-order valence-corrected chi connectivity index (χ4v) is 2.50. The average molecular weight is 267 g/mol. The van der Waals surface area contributed by atoms with Crippen LogP contribution in [0.25, 0.3) is 0 Å². The number of carboxylic acids is 1. The van der Waals surface area contributed by atoms with E-state index in [1.165, 1.54) is 11.8 Å². The molecule has 0 atom stereocenters. The van der Waals surface area contributed by atoms with Gasteiger partial charge >= 0.3 is 5.97 Å². The molecule has 88 valence electrons. The highest BCUT2D eigenvalue weighted by Crippen LogP contribution is 2.20. The van der Waals surface area contributed by atoms with Gasteiger partial charge in [0.2, 0.25) is 5.01 Å². The van der Waals surface area contributed by atoms with Gasteiger partial charge in [-0.2, -0.15) is 0 Å². The molecule has 2 heterocycles. The molecule has 2 rings (SSSR count). The third-order valence-corrected chi connectivity index (χ3v) is 3.63. The molecule has 0 unspecified atom stereocenters. The monoisotopic (exact) mass is 267 g/mol. The van der Waals surface area contributed by atoms with E-state index < -0.39 is 5.97 Å². The molecule has 0 saturated heterocycles. The maximum absolute atomic E-state index is 10.6. The Labute approximate surface area is 106 Å². The minimum Gasteiger partial charge on any atom is -0.476 e. The first-order valence-corrected chi connectivity index (χ1v) is 6.61. The molecule has 0 aliphatic rings. The summed E-state index contributed by atoms with van der Waals surface area (Å²) < 4.78 is 0. The maximum atomic E-state index is 10.6. The van der Waals surface area contributed by atoms with Crippen molar-refractivity contribution in [1.82, 2.24) is 15.0 Å². The summed E-state index contributed by atoms with van der Waals surface area (Å²) in [7, 11) is 0. The van der Waals surface area contributed by atoms with Gasteiger partial charge in [0, 0.05) is 23.5 Å². The van der Waals surface area contributed by atoms with Crippen LogP contribution in [0, 0.1) is 6.92 Å². The molecule has 0 radical (unpaired) electrons. The highest BCUT2D eigenvalue weighted by Gasteiger charge is 2.09. The van der Waals surface area contributed by atoms with Gasteiger partial charge in [-0.05, 0) is 12.5 Å². The molecule has 5 nitrogen and oxygen atoms in total. The Kier molecular flexibility index (Phi) is 3.70. The Morgan fingerprint density at radius 3 is 2.76 bits per heavy atom. The van der Waals surface area contributed by atoms with Crippen LogP contribution in [-0.2, 0) is 5.75 Å². The fourth-order valence-electron chi connectivity index (χ4n) is 1.07. The van der Waals surface area contributed by atoms with E-state index in [-0.39, 0.29) is 5.01 Å². The largest absolute Gasteiger partial charge is 0.476 e. The molecule has 7 heteroatoms. The summed E-state index contributed by atoms with van der Waals surface area (Å²) in [6.45, 7) is 1.92. The zero-order chi connectivity index (χ0) is 12.3. The summed E-state index contributed by atoms with van der Waals surface area (Å²) in [6, 6.07) is 0. The third-order valence-electron chi connectivity index (χ3n) is 1.84. The fraction of sp³-hybridized carbons (Fsp3) is 0.200. The molecule has 0 aliphatic carbocycles. The van der Waals surface area contributed by atoms with E-state index in [0.717, 1.165) is 22.6 Å². The Morgan fingerprint density at radius 2 is 2.18 bits per heavy atom. The minimum atomic E-state index is -0.988. The van der Waals surface area contributed by atoms with Crippen LogP contribution in [0.5, 0.6) is 0 Å². The van der Waals surface area contributed by atoms with Crippen LogP contribution in [0.3, 0.4) is 0 Å². The maximum Gasteiger partial charge on any atom is 0.365 e. The predicted molar refractivity (Wildman–Crippen MR) is 65.4 cm³/mol. The second kappa shape index (κ2) is 5.24. The van der Waals surface area contributed by atoms with Crippen molar-refractivity contribution in [2.24, 2.45) is 0 Å². The molecule has 17 heavy (non-hydrogen) atoms. The van der Waals surface area contributed by atoms with Crippen molar-refractivity contribution < 1.29 is 9.90 Å². The Hall–Kier alpha value is -1.47. The number of carbonyl (C=O) groups is 1. The van der Waals surface area contributed by atoms with Crippen LogP contribution in [-0.4, -0.2) is 26.0 Å². The lowest BCUT2D eigenvalue weighted by atomic mass is 10.4. The number of hydrogen-bond acceptors (Lipinski definition) is 6. The van der Waals surface area contributed by atoms with Crippen molar-refractivity contribution >= 4 is 29.1 Å². The lowest BCUT2D eigenvalue weighted by Gasteiger charge is -1.97. The molecule has 0 amide bonds. The quantitative estimate of drug-likeness (QED) is 0.676. The molecule has 1 N–H and O–H groups in total. The van der Waals surface area contributed by atoms with E-state index >= 15 is 0 Å². The molecular weight excluding hydrogens is 258 g/mol. The minimum absolute atomic E-state index is 0.116. The molecule has 0 fully saturated rings. The lowest BCUT2D eigenvalue weighted by molar-refractivity contribution is 0.0696. The van der Waals surface area contributed by atoms with E-state index in [0.29, 0.717) is 10.9 Å². The van der Waals surface area contributed by atoms with E-state index in [4.69, 9.17) is 5.11 Å². The van der Waals surface area contributed by atoms with Gasteiger partial charge in [0.25, 0.3) is 0 Å². The van der Waals surface area contributed by atoms with Crippen molar-refractivity contribution in [2.45, 2.75) is 17.8 Å². The number of aromatic carboxylic acids is 1. The smallest absolute Gasteiger partial charge is 0.365 e. The number of aryl methyl sites for hydroxylation is 1. The van der Waals surface area contributed by atoms with Gasteiger partial charge in [0.15, 0.2) is 5.16 Å². The van der Waals surface area contributed by atoms with E-state index in [1.54, 1.807) is 17.8 Å². The number of nitrogens with zero attached hydrogens (tertiary/aromatic N) is 3. The molecule has 2 aromatic heterocycles. The van der Waals surface area contributed by atoms with Gasteiger partial charge in [-0.3, -0.25) is 0 Å². The molecule has 0 aromatic carbocycles. The first kappa shape index (κ1) is 12.0. The highest BCUT2D eigenvalue weighted by atomic mass is 32.2. The summed E-state index contributed by atoms with van der Waals surface area (Å²) in [5.74, 6) is -0.412. The average Bonchev–Trinajstić information content (AvgIpc) is 2.77. The van der Waals surface area contributed by atoms with Crippen LogP contribution in [0.2, 0.25) is 0 Å². The van der Waals surface area contributed by atoms with Crippen LogP contribution >= 0.6 is 23.1 Å². The molecule has 0 bridgehead atoms. The SMILES string of the molecule is Cc1cnc(SCc2csc(C(=O)O)n2)nc1. The first-order valence-electron chi connectivity index (χ1n) is 4.74. The van der Waals surface area contributed by atoms with Crippen molar-refractivity contribution in [3.63, 3.8) is 0 Å². The van der Waals surface area contributed by atoms with Crippen molar-refractivity contribution in [3.05, 3.63) is 34.0 Å². The van der Waals surface area contributed by atoms with Crippen LogP contribution < -0.4 is 0 Å². The number of thioether (sulfide) groups is 1. The zero-order valence-electron chi connectivity index (χ0n) is 8.95. The van der Waals surface area contributed by atoms with Gasteiger partial charge in [-0.25, -0.2) is 19.7 Å². The third kappa shape index (κ3) is 3.24. The molecule has 0 aliphatic heterocycles. The van der Waals surface area contributed by atoms with Crippen LogP contribution in [0.1, 0.15) is 21.1 Å². The summed E-state index contributed by atoms with van der Waals surface area (Å²) in [5.41, 5.74) is 1.75. The summed E-state index contributed by atoms with van der Waals surface area (Å²) in [4.78, 5) is 22.9. The normalized spacial score (nSPS) is 10.4. The molecule has 0 spiro atoms. The van der Waals surface area contributed by atoms with Gasteiger partial charge in [-0.15, -0.1) is 11.3 Å². The van der Waals surface area contributed by atoms with Gasteiger partial charge in [-0.1, -0.05) is 11.8 Å². The molecular formula is C10H9N3O2S2. The van der Waals surface area contributed by atoms with Crippen molar-refractivity contribution in [2.75, 3.05) is 0 Å². The second-order valence-electron chi connectivity index (χ2n) is 3.28. The zero-order valence-corrected chi connectivity index (χ0v) is 10.6. The van der Waals surface area contributed by atoms with E-state index in [1.807, 2.05) is 6.92 Å². The number of carboxylic acid groups (broad SMARTS) is 1. The Bertz CT molecular complexity index is 525. The highest BCUT2D eigenvalue weighted by molar-refractivity contribution is 7.98. The second-order valence-corrected chi connectivity index (χ2v) is 5.08. The first-order chi connectivity index (χ1) is 8.15. The van der Waals surface area contributed by atoms with Crippen molar-refractivity contribution in [1.29, 1.82) is 0 Å². The summed E-state index contributed by atoms with van der Waals surface area (Å²) in [6.07, 6.45) is 3.50. The number of aromatic nitrogens is 3. The van der Waals surface area contributed by atoms with Crippen molar-refractivity contribution in [3.8, 4) is 0 Å². The number of rotatable bonds is 4. The topological polar surface area (TPSA) is 76.0 Å². The predicted octanol–water partition coefficient (Wildman–Crippen LogP) is 2.23. The summed E-state index contributed by atoms with van der Waals surface area (Å²) >= 11 is 2.57. The molecule has 0 saturated carbocycles. The lowest BCUT2D eigenvalue weighted by Crippen LogP contribution is -1.95. The van der Waals surface area contributed by atoms with E-state index in [2.05, 4.69) is 15.0 Å². The van der Waals surface area contributed by atoms with Crippen LogP contribution in [0.4, 0.5) is 0 Å². The molecule has 2 aromatic rings. The number of thiazole rings is 1. The summed E-state index contributed by atoms with van der Waals surface area (Å²) in [5, 5.41) is 11.3. The van der Waals surface area contributed by atoms with Gasteiger partial charge in [0.1, 0.15) is 0 Å². The Morgan fingerprint density at radius 1 is 1.47 bits per heavy atom.